The Morgan fingerprint density at radius 2 is 2.00 bits per heavy atom. The molecule has 22 heavy (non-hydrogen) atoms. The van der Waals surface area contributed by atoms with Crippen LogP contribution in [0.15, 0.2) is 30.3 Å². The van der Waals surface area contributed by atoms with Gasteiger partial charge in [0.25, 0.3) is 5.91 Å². The molecule has 0 fully saturated rings. The van der Waals surface area contributed by atoms with Crippen LogP contribution in [-0.4, -0.2) is 33.9 Å². The van der Waals surface area contributed by atoms with E-state index in [0.29, 0.717) is 5.69 Å². The van der Waals surface area contributed by atoms with Gasteiger partial charge in [-0.05, 0) is 37.6 Å². The third-order valence-electron chi connectivity index (χ3n) is 3.52. The first-order valence-electron chi connectivity index (χ1n) is 7.06. The van der Waals surface area contributed by atoms with Crippen molar-refractivity contribution in [1.82, 2.24) is 15.1 Å². The summed E-state index contributed by atoms with van der Waals surface area (Å²) in [6.45, 7) is 3.59. The maximum Gasteiger partial charge on any atom is 0.269 e. The molecule has 0 aliphatic carbocycles. The minimum absolute atomic E-state index is 0.261. The van der Waals surface area contributed by atoms with Crippen LogP contribution in [0.5, 0.6) is 5.75 Å². The van der Waals surface area contributed by atoms with E-state index in [1.54, 1.807) is 51.4 Å². The summed E-state index contributed by atoms with van der Waals surface area (Å²) in [4.78, 5) is 12.2. The number of aliphatic hydroxyl groups is 1. The Morgan fingerprint density at radius 1 is 1.36 bits per heavy atom. The van der Waals surface area contributed by atoms with E-state index in [4.69, 9.17) is 4.74 Å². The Labute approximate surface area is 129 Å². The Hall–Kier alpha value is -2.34. The molecule has 2 aromatic rings. The third kappa shape index (κ3) is 3.46. The Bertz CT molecular complexity index is 649. The van der Waals surface area contributed by atoms with Crippen molar-refractivity contribution >= 4 is 5.91 Å². The van der Waals surface area contributed by atoms with Crippen molar-refractivity contribution in [3.63, 3.8) is 0 Å². The number of ether oxygens (including phenoxy) is 1. The highest BCUT2D eigenvalue weighted by Crippen LogP contribution is 2.20. The van der Waals surface area contributed by atoms with Crippen molar-refractivity contribution in [3.8, 4) is 5.75 Å². The van der Waals surface area contributed by atoms with Crippen molar-refractivity contribution < 1.29 is 14.6 Å². The molecule has 0 saturated heterocycles. The van der Waals surface area contributed by atoms with E-state index in [1.165, 1.54) is 4.68 Å². The second kappa shape index (κ2) is 6.62. The Morgan fingerprint density at radius 3 is 2.50 bits per heavy atom. The van der Waals surface area contributed by atoms with E-state index >= 15 is 0 Å². The number of methoxy groups -OCH3 is 1. The highest BCUT2D eigenvalue weighted by molar-refractivity contribution is 5.92. The molecule has 0 bridgehead atoms. The number of hydrogen-bond donors (Lipinski definition) is 2. The summed E-state index contributed by atoms with van der Waals surface area (Å²) in [5, 5.41) is 17.3. The van der Waals surface area contributed by atoms with Gasteiger partial charge >= 0.3 is 0 Å². The molecule has 2 atom stereocenters. The van der Waals surface area contributed by atoms with Gasteiger partial charge in [0.2, 0.25) is 0 Å². The van der Waals surface area contributed by atoms with Crippen LogP contribution in [0.3, 0.4) is 0 Å². The minimum Gasteiger partial charge on any atom is -0.497 e. The Balaban J connectivity index is 2.05. The monoisotopic (exact) mass is 303 g/mol. The molecule has 0 aliphatic heterocycles. The van der Waals surface area contributed by atoms with E-state index in [0.717, 1.165) is 17.0 Å². The van der Waals surface area contributed by atoms with Gasteiger partial charge in [0, 0.05) is 7.05 Å². The van der Waals surface area contributed by atoms with Crippen molar-refractivity contribution in [1.29, 1.82) is 0 Å². The third-order valence-corrected chi connectivity index (χ3v) is 3.52. The number of aromatic nitrogens is 2. The molecule has 6 heteroatoms. The molecule has 0 radical (unpaired) electrons. The van der Waals surface area contributed by atoms with E-state index in [1.807, 2.05) is 6.92 Å². The van der Waals surface area contributed by atoms with Crippen LogP contribution in [-0.2, 0) is 7.05 Å². The predicted molar refractivity (Wildman–Crippen MR) is 82.8 cm³/mol. The number of amides is 1. The lowest BCUT2D eigenvalue weighted by Crippen LogP contribution is -2.37. The van der Waals surface area contributed by atoms with Gasteiger partial charge in [0.05, 0.1) is 24.9 Å². The summed E-state index contributed by atoms with van der Waals surface area (Å²) in [5.41, 5.74) is 1.96. The number of rotatable bonds is 5. The normalized spacial score (nSPS) is 13.5. The molecular weight excluding hydrogens is 282 g/mol. The number of nitrogens with zero attached hydrogens (tertiary/aromatic N) is 2. The van der Waals surface area contributed by atoms with Gasteiger partial charge in [0.15, 0.2) is 0 Å². The molecule has 1 heterocycles. The SMILES string of the molecule is COc1ccc(C(O)C(C)NC(=O)c2cc(C)nn2C)cc1. The number of nitrogens with one attached hydrogen (secondary N) is 1. The van der Waals surface area contributed by atoms with Crippen LogP contribution >= 0.6 is 0 Å². The first-order chi connectivity index (χ1) is 10.4. The van der Waals surface area contributed by atoms with Crippen molar-refractivity contribution in [2.75, 3.05) is 7.11 Å². The largest absolute Gasteiger partial charge is 0.497 e. The topological polar surface area (TPSA) is 76.4 Å². The fraction of sp³-hybridized carbons (Fsp3) is 0.375. The van der Waals surface area contributed by atoms with Crippen LogP contribution < -0.4 is 10.1 Å². The van der Waals surface area contributed by atoms with Crippen molar-refractivity contribution in [3.05, 3.63) is 47.3 Å². The number of carbonyl (C=O) groups excluding carboxylic acids is 1. The number of hydrogen-bond acceptors (Lipinski definition) is 4. The van der Waals surface area contributed by atoms with Gasteiger partial charge in [0.1, 0.15) is 11.4 Å². The quantitative estimate of drug-likeness (QED) is 0.879. The van der Waals surface area contributed by atoms with E-state index in [9.17, 15) is 9.90 Å². The van der Waals surface area contributed by atoms with E-state index < -0.39 is 12.1 Å². The van der Waals surface area contributed by atoms with Crippen LogP contribution in [0.25, 0.3) is 0 Å². The highest BCUT2D eigenvalue weighted by atomic mass is 16.5. The average Bonchev–Trinajstić information content (AvgIpc) is 2.85. The molecule has 0 saturated carbocycles. The zero-order valence-electron chi connectivity index (χ0n) is 13.2. The smallest absolute Gasteiger partial charge is 0.269 e. The van der Waals surface area contributed by atoms with Crippen LogP contribution in [0.2, 0.25) is 0 Å². The zero-order chi connectivity index (χ0) is 16.3. The number of aryl methyl sites for hydroxylation is 2. The minimum atomic E-state index is -0.802. The van der Waals surface area contributed by atoms with Gasteiger partial charge in [-0.1, -0.05) is 12.1 Å². The number of aliphatic hydroxyl groups excluding tert-OH is 1. The number of carbonyl (C=O) groups is 1. The molecular formula is C16H21N3O3. The molecule has 1 aromatic carbocycles. The summed E-state index contributed by atoms with van der Waals surface area (Å²) in [6, 6.07) is 8.38. The fourth-order valence-corrected chi connectivity index (χ4v) is 2.27. The number of benzene rings is 1. The fourth-order valence-electron chi connectivity index (χ4n) is 2.27. The summed E-state index contributed by atoms with van der Waals surface area (Å²) in [6.07, 6.45) is -0.802. The van der Waals surface area contributed by atoms with Crippen LogP contribution in [0.1, 0.15) is 34.8 Å². The summed E-state index contributed by atoms with van der Waals surface area (Å²) in [5.74, 6) is 0.459. The zero-order valence-corrected chi connectivity index (χ0v) is 13.2. The first-order valence-corrected chi connectivity index (χ1v) is 7.06. The van der Waals surface area contributed by atoms with Gasteiger partial charge < -0.3 is 15.2 Å². The van der Waals surface area contributed by atoms with Gasteiger partial charge in [-0.25, -0.2) is 0 Å². The highest BCUT2D eigenvalue weighted by Gasteiger charge is 2.21. The second-order valence-electron chi connectivity index (χ2n) is 5.27. The maximum absolute atomic E-state index is 12.2. The van der Waals surface area contributed by atoms with Gasteiger partial charge in [-0.15, -0.1) is 0 Å². The molecule has 2 rings (SSSR count). The van der Waals surface area contributed by atoms with E-state index in [2.05, 4.69) is 10.4 Å². The lowest BCUT2D eigenvalue weighted by molar-refractivity contribution is 0.0843. The average molecular weight is 303 g/mol. The van der Waals surface area contributed by atoms with Crippen LogP contribution in [0, 0.1) is 6.92 Å². The van der Waals surface area contributed by atoms with Crippen LogP contribution in [0.4, 0.5) is 0 Å². The molecule has 1 aromatic heterocycles. The summed E-state index contributed by atoms with van der Waals surface area (Å²) in [7, 11) is 3.30. The molecule has 2 unspecified atom stereocenters. The maximum atomic E-state index is 12.2. The Kier molecular flexibility index (Phi) is 4.82. The predicted octanol–water partition coefficient (Wildman–Crippen LogP) is 1.59. The first kappa shape index (κ1) is 16.0. The van der Waals surface area contributed by atoms with Crippen molar-refractivity contribution in [2.24, 2.45) is 7.05 Å². The summed E-state index contributed by atoms with van der Waals surface area (Å²) >= 11 is 0. The van der Waals surface area contributed by atoms with Gasteiger partial charge in [-0.3, -0.25) is 9.48 Å². The van der Waals surface area contributed by atoms with Crippen molar-refractivity contribution in [2.45, 2.75) is 26.0 Å². The molecule has 118 valence electrons. The lowest BCUT2D eigenvalue weighted by atomic mass is 10.0. The van der Waals surface area contributed by atoms with E-state index in [-0.39, 0.29) is 5.91 Å². The molecule has 2 N–H and O–H groups in total. The molecule has 1 amide bonds. The standard InChI is InChI=1S/C16H21N3O3/c1-10-9-14(19(3)18-10)16(21)17-11(2)15(20)12-5-7-13(22-4)8-6-12/h5-9,11,15,20H,1-4H3,(H,17,21). The lowest BCUT2D eigenvalue weighted by Gasteiger charge is -2.20. The van der Waals surface area contributed by atoms with Gasteiger partial charge in [-0.2, -0.15) is 5.10 Å². The molecule has 0 aliphatic rings. The molecule has 6 nitrogen and oxygen atoms in total. The second-order valence-corrected chi connectivity index (χ2v) is 5.27. The molecule has 0 spiro atoms. The summed E-state index contributed by atoms with van der Waals surface area (Å²) < 4.78 is 6.61.